The van der Waals surface area contributed by atoms with Crippen molar-refractivity contribution in [3.8, 4) is 5.75 Å². The first kappa shape index (κ1) is 13.6. The van der Waals surface area contributed by atoms with Gasteiger partial charge in [-0.1, -0.05) is 6.92 Å². The van der Waals surface area contributed by atoms with E-state index >= 15 is 0 Å². The van der Waals surface area contributed by atoms with Crippen LogP contribution in [0, 0.1) is 6.92 Å². The van der Waals surface area contributed by atoms with E-state index in [1.165, 1.54) is 0 Å². The van der Waals surface area contributed by atoms with Crippen molar-refractivity contribution in [2.75, 3.05) is 13.7 Å². The molecule has 0 radical (unpaired) electrons. The summed E-state index contributed by atoms with van der Waals surface area (Å²) in [5.74, 6) is 2.53. The maximum absolute atomic E-state index is 5.74. The Labute approximate surface area is 113 Å². The molecule has 1 N–H and O–H groups in total. The molecular weight excluding hydrogens is 240 g/mol. The lowest BCUT2D eigenvalue weighted by Gasteiger charge is -2.18. The molecule has 4 nitrogen and oxygen atoms in total. The van der Waals surface area contributed by atoms with E-state index in [0.717, 1.165) is 35.9 Å². The lowest BCUT2D eigenvalue weighted by molar-refractivity contribution is 0.383. The first-order chi connectivity index (χ1) is 9.26. The lowest BCUT2D eigenvalue weighted by Crippen LogP contribution is -2.24. The summed E-state index contributed by atoms with van der Waals surface area (Å²) in [7, 11) is 1.66. The quantitative estimate of drug-likeness (QED) is 0.867. The molecule has 0 saturated carbocycles. The van der Waals surface area contributed by atoms with Gasteiger partial charge < -0.3 is 14.5 Å². The number of aromatic nitrogens is 1. The predicted octanol–water partition coefficient (Wildman–Crippen LogP) is 3.08. The van der Waals surface area contributed by atoms with Gasteiger partial charge in [0.1, 0.15) is 29.0 Å². The average molecular weight is 260 g/mol. The third-order valence-corrected chi connectivity index (χ3v) is 2.94. The number of ether oxygens (including phenoxy) is 1. The molecule has 102 valence electrons. The van der Waals surface area contributed by atoms with Gasteiger partial charge >= 0.3 is 0 Å². The number of nitrogens with one attached hydrogen (secondary N) is 1. The van der Waals surface area contributed by atoms with Crippen LogP contribution in [0.2, 0.25) is 0 Å². The number of hydrogen-bond donors (Lipinski definition) is 1. The first-order valence-corrected chi connectivity index (χ1v) is 6.55. The van der Waals surface area contributed by atoms with Gasteiger partial charge in [-0.15, -0.1) is 0 Å². The minimum atomic E-state index is -0.0789. The molecule has 0 spiro atoms. The minimum absolute atomic E-state index is 0.0789. The Balaban J connectivity index is 2.36. The molecule has 4 heteroatoms. The number of methoxy groups -OCH3 is 1. The van der Waals surface area contributed by atoms with Gasteiger partial charge in [0.2, 0.25) is 0 Å². The van der Waals surface area contributed by atoms with Gasteiger partial charge in [0.25, 0.3) is 0 Å². The summed E-state index contributed by atoms with van der Waals surface area (Å²) in [4.78, 5) is 4.44. The van der Waals surface area contributed by atoms with Crippen molar-refractivity contribution >= 4 is 0 Å². The Morgan fingerprint density at radius 3 is 2.84 bits per heavy atom. The summed E-state index contributed by atoms with van der Waals surface area (Å²) >= 11 is 0. The molecule has 19 heavy (non-hydrogen) atoms. The maximum Gasteiger partial charge on any atom is 0.142 e. The number of aryl methyl sites for hydroxylation is 1. The molecule has 0 saturated heterocycles. The highest BCUT2D eigenvalue weighted by Crippen LogP contribution is 2.28. The van der Waals surface area contributed by atoms with Gasteiger partial charge in [-0.2, -0.15) is 0 Å². The van der Waals surface area contributed by atoms with E-state index in [1.807, 2.05) is 31.2 Å². The van der Waals surface area contributed by atoms with E-state index in [9.17, 15) is 0 Å². The maximum atomic E-state index is 5.74. The van der Waals surface area contributed by atoms with E-state index < -0.39 is 0 Å². The Morgan fingerprint density at radius 2 is 2.21 bits per heavy atom. The lowest BCUT2D eigenvalue weighted by atomic mass is 10.1. The zero-order valence-electron chi connectivity index (χ0n) is 11.6. The van der Waals surface area contributed by atoms with E-state index in [4.69, 9.17) is 9.15 Å². The summed E-state index contributed by atoms with van der Waals surface area (Å²) in [5, 5.41) is 3.45. The Kier molecular flexibility index (Phi) is 4.58. The fraction of sp³-hybridized carbons (Fsp3) is 0.400. The molecule has 0 amide bonds. The molecular formula is C15H20N2O2. The summed E-state index contributed by atoms with van der Waals surface area (Å²) in [6.07, 6.45) is 2.82. The molecule has 0 aromatic carbocycles. The van der Waals surface area contributed by atoms with E-state index in [0.29, 0.717) is 0 Å². The monoisotopic (exact) mass is 260 g/mol. The van der Waals surface area contributed by atoms with E-state index in [-0.39, 0.29) is 6.04 Å². The van der Waals surface area contributed by atoms with Crippen LogP contribution in [0.1, 0.15) is 36.6 Å². The standard InChI is InChI=1S/C15H20N2O2/c1-4-9-16-15(13-8-7-11(2)19-13)14-12(18-3)6-5-10-17-14/h5-8,10,15-16H,4,9H2,1-3H3. The largest absolute Gasteiger partial charge is 0.495 e. The number of rotatable bonds is 6. The topological polar surface area (TPSA) is 47.3 Å². The fourth-order valence-electron chi connectivity index (χ4n) is 2.02. The minimum Gasteiger partial charge on any atom is -0.495 e. The Morgan fingerprint density at radius 1 is 1.37 bits per heavy atom. The molecule has 2 aromatic heterocycles. The molecule has 2 aromatic rings. The van der Waals surface area contributed by atoms with Crippen molar-refractivity contribution in [2.45, 2.75) is 26.3 Å². The van der Waals surface area contributed by atoms with Crippen LogP contribution in [0.25, 0.3) is 0 Å². The molecule has 0 aliphatic rings. The smallest absolute Gasteiger partial charge is 0.142 e. The normalized spacial score (nSPS) is 12.4. The highest BCUT2D eigenvalue weighted by atomic mass is 16.5. The van der Waals surface area contributed by atoms with E-state index in [2.05, 4.69) is 17.2 Å². The third kappa shape index (κ3) is 3.15. The van der Waals surface area contributed by atoms with Crippen LogP contribution in [0.3, 0.4) is 0 Å². The van der Waals surface area contributed by atoms with Crippen molar-refractivity contribution in [1.29, 1.82) is 0 Å². The van der Waals surface area contributed by atoms with Crippen LogP contribution in [0.15, 0.2) is 34.9 Å². The van der Waals surface area contributed by atoms with Crippen LogP contribution in [0.4, 0.5) is 0 Å². The van der Waals surface area contributed by atoms with Gasteiger partial charge in [-0.05, 0) is 44.2 Å². The van der Waals surface area contributed by atoms with Gasteiger partial charge in [-0.3, -0.25) is 4.98 Å². The molecule has 2 rings (SSSR count). The van der Waals surface area contributed by atoms with Crippen molar-refractivity contribution in [3.63, 3.8) is 0 Å². The Bertz CT molecular complexity index is 522. The van der Waals surface area contributed by atoms with Gasteiger partial charge in [-0.25, -0.2) is 0 Å². The van der Waals surface area contributed by atoms with Crippen molar-refractivity contribution < 1.29 is 9.15 Å². The second-order valence-electron chi connectivity index (χ2n) is 4.43. The SMILES string of the molecule is CCCNC(c1ccc(C)o1)c1ncccc1OC. The number of hydrogen-bond acceptors (Lipinski definition) is 4. The van der Waals surface area contributed by atoms with Crippen LogP contribution < -0.4 is 10.1 Å². The molecule has 1 atom stereocenters. The molecule has 1 unspecified atom stereocenters. The van der Waals surface area contributed by atoms with Crippen molar-refractivity contribution in [1.82, 2.24) is 10.3 Å². The molecule has 0 fully saturated rings. The zero-order valence-corrected chi connectivity index (χ0v) is 11.6. The second kappa shape index (κ2) is 6.38. The average Bonchev–Trinajstić information content (AvgIpc) is 2.86. The molecule has 0 aliphatic heterocycles. The van der Waals surface area contributed by atoms with Gasteiger partial charge in [0, 0.05) is 6.20 Å². The summed E-state index contributed by atoms with van der Waals surface area (Å²) in [6, 6.07) is 7.65. The van der Waals surface area contributed by atoms with Gasteiger partial charge in [0.05, 0.1) is 7.11 Å². The highest BCUT2D eigenvalue weighted by molar-refractivity contribution is 5.34. The predicted molar refractivity (Wildman–Crippen MR) is 74.4 cm³/mol. The first-order valence-electron chi connectivity index (χ1n) is 6.55. The van der Waals surface area contributed by atoms with Crippen LogP contribution in [-0.2, 0) is 0 Å². The highest BCUT2D eigenvalue weighted by Gasteiger charge is 2.21. The zero-order chi connectivity index (χ0) is 13.7. The van der Waals surface area contributed by atoms with Gasteiger partial charge in [0.15, 0.2) is 0 Å². The molecule has 2 heterocycles. The number of furan rings is 1. The molecule has 0 aliphatic carbocycles. The third-order valence-electron chi connectivity index (χ3n) is 2.94. The van der Waals surface area contributed by atoms with Crippen LogP contribution in [-0.4, -0.2) is 18.6 Å². The van der Waals surface area contributed by atoms with E-state index in [1.54, 1.807) is 13.3 Å². The second-order valence-corrected chi connectivity index (χ2v) is 4.43. The van der Waals surface area contributed by atoms with Crippen LogP contribution >= 0.6 is 0 Å². The van der Waals surface area contributed by atoms with Crippen molar-refractivity contribution in [3.05, 3.63) is 47.7 Å². The van der Waals surface area contributed by atoms with Crippen molar-refractivity contribution in [2.24, 2.45) is 0 Å². The van der Waals surface area contributed by atoms with Crippen LogP contribution in [0.5, 0.6) is 5.75 Å². The number of nitrogens with zero attached hydrogens (tertiary/aromatic N) is 1. The fourth-order valence-corrected chi connectivity index (χ4v) is 2.02. The summed E-state index contributed by atoms with van der Waals surface area (Å²) < 4.78 is 11.1. The summed E-state index contributed by atoms with van der Waals surface area (Å²) in [6.45, 7) is 4.97. The number of pyridine rings is 1. The molecule has 0 bridgehead atoms. The summed E-state index contributed by atoms with van der Waals surface area (Å²) in [5.41, 5.74) is 0.854. The Hall–Kier alpha value is -1.81.